The smallest absolute Gasteiger partial charge is 0.0750 e. The number of hydrogen-bond donors (Lipinski definition) is 1. The summed E-state index contributed by atoms with van der Waals surface area (Å²) in [6.07, 6.45) is 4.40. The van der Waals surface area contributed by atoms with Crippen molar-refractivity contribution in [2.45, 2.75) is 25.0 Å². The third-order valence-electron chi connectivity index (χ3n) is 4.50. The molecule has 0 saturated carbocycles. The molecule has 112 valence electrons. The van der Waals surface area contributed by atoms with Gasteiger partial charge in [-0.05, 0) is 24.5 Å². The first-order valence-corrected chi connectivity index (χ1v) is 7.64. The van der Waals surface area contributed by atoms with Crippen molar-refractivity contribution in [2.75, 3.05) is 26.7 Å². The molecule has 1 aliphatic heterocycles. The lowest BCUT2D eigenvalue weighted by molar-refractivity contribution is 0.0282. The van der Waals surface area contributed by atoms with Crippen molar-refractivity contribution in [3.05, 3.63) is 42.1 Å². The Hall–Kier alpha value is -1.49. The van der Waals surface area contributed by atoms with E-state index in [9.17, 15) is 0 Å². The number of methoxy groups -OCH3 is 1. The van der Waals surface area contributed by atoms with E-state index < -0.39 is 0 Å². The van der Waals surface area contributed by atoms with Crippen molar-refractivity contribution in [2.24, 2.45) is 5.73 Å². The second-order valence-corrected chi connectivity index (χ2v) is 5.64. The first kappa shape index (κ1) is 14.4. The molecular formula is C17H23N3O. The van der Waals surface area contributed by atoms with E-state index in [1.165, 1.54) is 10.9 Å². The summed E-state index contributed by atoms with van der Waals surface area (Å²) in [6, 6.07) is 10.7. The van der Waals surface area contributed by atoms with E-state index in [0.29, 0.717) is 12.6 Å². The molecule has 2 aromatic rings. The number of piperidine rings is 1. The normalized spacial score (nSPS) is 19.0. The highest BCUT2D eigenvalue weighted by molar-refractivity contribution is 5.82. The van der Waals surface area contributed by atoms with Crippen LogP contribution in [0.1, 0.15) is 24.4 Å². The molecule has 2 heterocycles. The van der Waals surface area contributed by atoms with Crippen molar-refractivity contribution >= 4 is 10.9 Å². The second kappa shape index (κ2) is 6.52. The molecule has 0 radical (unpaired) electrons. The first-order chi connectivity index (χ1) is 10.3. The summed E-state index contributed by atoms with van der Waals surface area (Å²) >= 11 is 0. The Morgan fingerprint density at radius 3 is 2.76 bits per heavy atom. The van der Waals surface area contributed by atoms with E-state index in [1.54, 1.807) is 7.11 Å². The highest BCUT2D eigenvalue weighted by Gasteiger charge is 2.26. The fraction of sp³-hybridized carbons (Fsp3) is 0.471. The summed E-state index contributed by atoms with van der Waals surface area (Å²) in [4.78, 5) is 7.04. The molecule has 0 spiro atoms. The summed E-state index contributed by atoms with van der Waals surface area (Å²) in [6.45, 7) is 2.68. The quantitative estimate of drug-likeness (QED) is 0.937. The molecule has 1 saturated heterocycles. The highest BCUT2D eigenvalue weighted by Crippen LogP contribution is 2.29. The molecule has 21 heavy (non-hydrogen) atoms. The number of rotatable bonds is 4. The maximum atomic E-state index is 6.09. The number of ether oxygens (including phenoxy) is 1. The van der Waals surface area contributed by atoms with Gasteiger partial charge in [0.15, 0.2) is 0 Å². The van der Waals surface area contributed by atoms with Gasteiger partial charge in [0.2, 0.25) is 0 Å². The predicted molar refractivity (Wildman–Crippen MR) is 85.1 cm³/mol. The topological polar surface area (TPSA) is 51.4 Å². The number of para-hydroxylation sites is 1. The average Bonchev–Trinajstić information content (AvgIpc) is 2.56. The summed E-state index contributed by atoms with van der Waals surface area (Å²) < 4.78 is 5.46. The van der Waals surface area contributed by atoms with E-state index >= 15 is 0 Å². The van der Waals surface area contributed by atoms with Gasteiger partial charge in [-0.2, -0.15) is 0 Å². The number of aromatic nitrogens is 1. The minimum absolute atomic E-state index is 0.237. The maximum Gasteiger partial charge on any atom is 0.0750 e. The van der Waals surface area contributed by atoms with Gasteiger partial charge in [-0.15, -0.1) is 0 Å². The van der Waals surface area contributed by atoms with E-state index in [1.807, 2.05) is 12.3 Å². The molecule has 1 aromatic heterocycles. The zero-order valence-corrected chi connectivity index (χ0v) is 12.5. The van der Waals surface area contributed by atoms with Gasteiger partial charge in [-0.1, -0.05) is 24.3 Å². The lowest BCUT2D eigenvalue weighted by atomic mass is 9.98. The van der Waals surface area contributed by atoms with Crippen LogP contribution >= 0.6 is 0 Å². The van der Waals surface area contributed by atoms with Crippen LogP contribution < -0.4 is 5.73 Å². The number of likely N-dealkylation sites (tertiary alicyclic amines) is 1. The van der Waals surface area contributed by atoms with E-state index in [2.05, 4.69) is 34.1 Å². The Balaban J connectivity index is 1.88. The zero-order chi connectivity index (χ0) is 14.7. The van der Waals surface area contributed by atoms with Crippen LogP contribution in [0.2, 0.25) is 0 Å². The Kier molecular flexibility index (Phi) is 4.48. The summed E-state index contributed by atoms with van der Waals surface area (Å²) in [7, 11) is 1.80. The molecule has 0 bridgehead atoms. The van der Waals surface area contributed by atoms with Crippen LogP contribution in [0.3, 0.4) is 0 Å². The van der Waals surface area contributed by atoms with Gasteiger partial charge in [0.05, 0.1) is 11.6 Å². The zero-order valence-electron chi connectivity index (χ0n) is 12.5. The second-order valence-electron chi connectivity index (χ2n) is 5.64. The largest absolute Gasteiger partial charge is 0.381 e. The monoisotopic (exact) mass is 285 g/mol. The first-order valence-electron chi connectivity index (χ1n) is 7.64. The van der Waals surface area contributed by atoms with Crippen molar-refractivity contribution in [3.8, 4) is 0 Å². The van der Waals surface area contributed by atoms with Gasteiger partial charge in [0.1, 0.15) is 0 Å². The molecule has 0 aliphatic carbocycles. The molecule has 1 fully saturated rings. The minimum atomic E-state index is 0.237. The van der Waals surface area contributed by atoms with Crippen LogP contribution in [0, 0.1) is 0 Å². The van der Waals surface area contributed by atoms with E-state index in [0.717, 1.165) is 31.4 Å². The van der Waals surface area contributed by atoms with Crippen molar-refractivity contribution in [1.82, 2.24) is 9.88 Å². The van der Waals surface area contributed by atoms with Gasteiger partial charge in [-0.25, -0.2) is 0 Å². The van der Waals surface area contributed by atoms with Gasteiger partial charge in [-0.3, -0.25) is 9.88 Å². The molecule has 2 N–H and O–H groups in total. The number of benzene rings is 1. The maximum absolute atomic E-state index is 6.09. The number of fused-ring (bicyclic) bond motifs is 1. The van der Waals surface area contributed by atoms with Gasteiger partial charge >= 0.3 is 0 Å². The van der Waals surface area contributed by atoms with E-state index in [-0.39, 0.29) is 6.04 Å². The standard InChI is InChI=1S/C17H23N3O/c1-21-14-7-10-20(11-8-14)16(12-18)15-6-2-4-13-5-3-9-19-17(13)15/h2-6,9,14,16H,7-8,10-12,18H2,1H3. The van der Waals surface area contributed by atoms with Crippen molar-refractivity contribution in [1.29, 1.82) is 0 Å². The fourth-order valence-corrected chi connectivity index (χ4v) is 3.29. The van der Waals surface area contributed by atoms with Crippen molar-refractivity contribution < 1.29 is 4.74 Å². The van der Waals surface area contributed by atoms with Crippen LogP contribution in [0.15, 0.2) is 36.5 Å². The highest BCUT2D eigenvalue weighted by atomic mass is 16.5. The van der Waals surface area contributed by atoms with Gasteiger partial charge in [0, 0.05) is 44.4 Å². The SMILES string of the molecule is COC1CCN(C(CN)c2cccc3cccnc23)CC1. The Labute approximate surface area is 125 Å². The van der Waals surface area contributed by atoms with Gasteiger partial charge < -0.3 is 10.5 Å². The molecule has 1 aliphatic rings. The van der Waals surface area contributed by atoms with Crippen LogP contribution in [-0.4, -0.2) is 42.7 Å². The lowest BCUT2D eigenvalue weighted by Crippen LogP contribution is -2.41. The molecule has 0 amide bonds. The number of pyridine rings is 1. The van der Waals surface area contributed by atoms with Gasteiger partial charge in [0.25, 0.3) is 0 Å². The number of nitrogens with zero attached hydrogens (tertiary/aromatic N) is 2. The summed E-state index contributed by atoms with van der Waals surface area (Å²) in [5.74, 6) is 0. The third kappa shape index (κ3) is 2.93. The van der Waals surface area contributed by atoms with Crippen LogP contribution in [0.4, 0.5) is 0 Å². The molecular weight excluding hydrogens is 262 g/mol. The summed E-state index contributed by atoms with van der Waals surface area (Å²) in [5.41, 5.74) is 8.41. The molecule has 4 nitrogen and oxygen atoms in total. The Morgan fingerprint density at radius 1 is 1.29 bits per heavy atom. The molecule has 1 atom stereocenters. The molecule has 1 aromatic carbocycles. The van der Waals surface area contributed by atoms with Crippen LogP contribution in [-0.2, 0) is 4.74 Å². The minimum Gasteiger partial charge on any atom is -0.381 e. The van der Waals surface area contributed by atoms with Crippen molar-refractivity contribution in [3.63, 3.8) is 0 Å². The number of hydrogen-bond acceptors (Lipinski definition) is 4. The molecule has 4 heteroatoms. The fourth-order valence-electron chi connectivity index (χ4n) is 3.29. The summed E-state index contributed by atoms with van der Waals surface area (Å²) in [5, 5.41) is 1.18. The average molecular weight is 285 g/mol. The molecule has 3 rings (SSSR count). The Morgan fingerprint density at radius 2 is 2.05 bits per heavy atom. The number of nitrogens with two attached hydrogens (primary N) is 1. The van der Waals surface area contributed by atoms with Crippen LogP contribution in [0.25, 0.3) is 10.9 Å². The Bertz CT molecular complexity index is 588. The van der Waals surface area contributed by atoms with Crippen LogP contribution in [0.5, 0.6) is 0 Å². The molecule has 1 unspecified atom stereocenters. The predicted octanol–water partition coefficient (Wildman–Crippen LogP) is 2.35. The lowest BCUT2D eigenvalue weighted by Gasteiger charge is -2.37. The third-order valence-corrected chi connectivity index (χ3v) is 4.50. The van der Waals surface area contributed by atoms with E-state index in [4.69, 9.17) is 10.5 Å².